The molecule has 0 saturated carbocycles. The number of alkyl halides is 3. The van der Waals surface area contributed by atoms with E-state index in [0.29, 0.717) is 12.8 Å². The lowest BCUT2D eigenvalue weighted by Gasteiger charge is -2.19. The minimum atomic E-state index is -4.39. The van der Waals surface area contributed by atoms with Gasteiger partial charge in [-0.05, 0) is 26.7 Å². The summed E-state index contributed by atoms with van der Waals surface area (Å²) in [6.45, 7) is 2.05. The van der Waals surface area contributed by atoms with Gasteiger partial charge in [0.15, 0.2) is 0 Å². The Morgan fingerprint density at radius 3 is 2.41 bits per heavy atom. The van der Waals surface area contributed by atoms with Gasteiger partial charge in [0.1, 0.15) is 6.54 Å². The molecule has 17 heavy (non-hydrogen) atoms. The van der Waals surface area contributed by atoms with Crippen LogP contribution in [0.25, 0.3) is 0 Å². The fourth-order valence-electron chi connectivity index (χ4n) is 1.32. The van der Waals surface area contributed by atoms with Gasteiger partial charge in [0, 0.05) is 12.6 Å². The smallest absolute Gasteiger partial charge is 0.396 e. The summed E-state index contributed by atoms with van der Waals surface area (Å²) < 4.78 is 35.5. The Bertz CT molecular complexity index is 234. The van der Waals surface area contributed by atoms with Gasteiger partial charge in [0.05, 0.1) is 6.04 Å². The summed E-state index contributed by atoms with van der Waals surface area (Å²) in [5, 5.41) is 13.3. The van der Waals surface area contributed by atoms with E-state index in [4.69, 9.17) is 5.11 Å². The molecule has 0 saturated heterocycles. The zero-order valence-electron chi connectivity index (χ0n) is 9.97. The number of amides is 1. The van der Waals surface area contributed by atoms with Gasteiger partial charge in [-0.2, -0.15) is 13.2 Å². The lowest BCUT2D eigenvalue weighted by Crippen LogP contribution is -2.47. The average molecular weight is 256 g/mol. The number of hydrogen-bond donors (Lipinski definition) is 3. The third-order valence-corrected chi connectivity index (χ3v) is 2.19. The Hall–Kier alpha value is -0.820. The Balaban J connectivity index is 3.89. The minimum Gasteiger partial charge on any atom is -0.396 e. The van der Waals surface area contributed by atoms with Crippen molar-refractivity contribution in [2.75, 3.05) is 13.2 Å². The summed E-state index contributed by atoms with van der Waals surface area (Å²) in [4.78, 5) is 11.3. The van der Waals surface area contributed by atoms with E-state index in [9.17, 15) is 18.0 Å². The van der Waals surface area contributed by atoms with Crippen molar-refractivity contribution in [1.82, 2.24) is 10.6 Å². The van der Waals surface area contributed by atoms with Gasteiger partial charge in [-0.3, -0.25) is 4.79 Å². The summed E-state index contributed by atoms with van der Waals surface area (Å²) in [5.41, 5.74) is 0. The Kier molecular flexibility index (Phi) is 7.13. The second-order valence-corrected chi connectivity index (χ2v) is 3.99. The van der Waals surface area contributed by atoms with Crippen LogP contribution in [-0.4, -0.2) is 42.4 Å². The Labute approximate surface area is 98.6 Å². The number of hydrogen-bond acceptors (Lipinski definition) is 3. The maximum Gasteiger partial charge on any atom is 0.405 e. The maximum absolute atomic E-state index is 11.8. The molecule has 0 aromatic heterocycles. The fourth-order valence-corrected chi connectivity index (χ4v) is 1.32. The monoisotopic (exact) mass is 256 g/mol. The normalized spacial score (nSPS) is 15.4. The molecular weight excluding hydrogens is 237 g/mol. The summed E-state index contributed by atoms with van der Waals surface area (Å²) >= 11 is 0. The molecule has 0 bridgehead atoms. The van der Waals surface area contributed by atoms with Crippen LogP contribution < -0.4 is 10.6 Å². The van der Waals surface area contributed by atoms with E-state index < -0.39 is 24.7 Å². The molecule has 0 aromatic rings. The van der Waals surface area contributed by atoms with Crippen molar-refractivity contribution in [3.8, 4) is 0 Å². The van der Waals surface area contributed by atoms with Crippen LogP contribution >= 0.6 is 0 Å². The van der Waals surface area contributed by atoms with E-state index in [-0.39, 0.29) is 12.6 Å². The zero-order chi connectivity index (χ0) is 13.5. The van der Waals surface area contributed by atoms with E-state index in [1.54, 1.807) is 0 Å². The predicted molar refractivity (Wildman–Crippen MR) is 57.4 cm³/mol. The molecule has 0 rings (SSSR count). The van der Waals surface area contributed by atoms with Gasteiger partial charge in [0.2, 0.25) is 5.91 Å². The van der Waals surface area contributed by atoms with E-state index in [2.05, 4.69) is 5.32 Å². The van der Waals surface area contributed by atoms with Crippen molar-refractivity contribution in [2.45, 2.75) is 44.9 Å². The van der Waals surface area contributed by atoms with E-state index in [0.717, 1.165) is 0 Å². The lowest BCUT2D eigenvalue weighted by molar-refractivity contribution is -0.139. The first-order valence-electron chi connectivity index (χ1n) is 5.47. The number of carbonyl (C=O) groups is 1. The second kappa shape index (κ2) is 7.50. The number of aliphatic hydroxyl groups excluding tert-OH is 1. The van der Waals surface area contributed by atoms with Gasteiger partial charge in [-0.25, -0.2) is 0 Å². The molecule has 2 atom stereocenters. The van der Waals surface area contributed by atoms with Crippen molar-refractivity contribution in [3.63, 3.8) is 0 Å². The zero-order valence-corrected chi connectivity index (χ0v) is 9.97. The highest BCUT2D eigenvalue weighted by molar-refractivity contribution is 5.81. The Morgan fingerprint density at radius 1 is 1.35 bits per heavy atom. The summed E-state index contributed by atoms with van der Waals surface area (Å²) in [6.07, 6.45) is -3.14. The molecule has 0 aliphatic carbocycles. The van der Waals surface area contributed by atoms with Crippen molar-refractivity contribution < 1.29 is 23.1 Å². The van der Waals surface area contributed by atoms with Crippen LogP contribution in [0.4, 0.5) is 13.2 Å². The summed E-state index contributed by atoms with van der Waals surface area (Å²) in [7, 11) is 0. The topological polar surface area (TPSA) is 61.4 Å². The van der Waals surface area contributed by atoms with Crippen LogP contribution in [0.15, 0.2) is 0 Å². The molecule has 0 radical (unpaired) electrons. The third-order valence-electron chi connectivity index (χ3n) is 2.19. The lowest BCUT2D eigenvalue weighted by atomic mass is 10.1. The molecule has 0 spiro atoms. The summed E-state index contributed by atoms with van der Waals surface area (Å²) in [5.74, 6) is -0.682. The van der Waals surface area contributed by atoms with Crippen LogP contribution in [0, 0.1) is 0 Å². The predicted octanol–water partition coefficient (Wildman–Crippen LogP) is 0.804. The van der Waals surface area contributed by atoms with Crippen LogP contribution in [0.5, 0.6) is 0 Å². The first-order valence-corrected chi connectivity index (χ1v) is 5.47. The highest BCUT2D eigenvalue weighted by atomic mass is 19.4. The molecule has 102 valence electrons. The standard InChI is InChI=1S/C10H19F3N2O2/c1-7(4-3-5-16)15-8(2)9(17)14-6-10(11,12)13/h7-8,15-16H,3-6H2,1-2H3,(H,14,17). The second-order valence-electron chi connectivity index (χ2n) is 3.99. The molecule has 1 amide bonds. The van der Waals surface area contributed by atoms with Gasteiger partial charge < -0.3 is 15.7 Å². The van der Waals surface area contributed by atoms with Crippen LogP contribution in [0.2, 0.25) is 0 Å². The first kappa shape index (κ1) is 16.2. The van der Waals surface area contributed by atoms with Gasteiger partial charge in [0.25, 0.3) is 0 Å². The molecule has 4 nitrogen and oxygen atoms in total. The molecular formula is C10H19F3N2O2. The minimum absolute atomic E-state index is 0.0335. The first-order chi connectivity index (χ1) is 7.76. The van der Waals surface area contributed by atoms with Crippen molar-refractivity contribution in [3.05, 3.63) is 0 Å². The fraction of sp³-hybridized carbons (Fsp3) is 0.900. The van der Waals surface area contributed by atoms with Crippen molar-refractivity contribution in [1.29, 1.82) is 0 Å². The van der Waals surface area contributed by atoms with E-state index in [1.165, 1.54) is 6.92 Å². The van der Waals surface area contributed by atoms with Crippen molar-refractivity contribution >= 4 is 5.91 Å². The van der Waals surface area contributed by atoms with Crippen LogP contribution in [-0.2, 0) is 4.79 Å². The molecule has 0 aliphatic heterocycles. The number of rotatable bonds is 7. The number of nitrogens with one attached hydrogen (secondary N) is 2. The maximum atomic E-state index is 11.8. The van der Waals surface area contributed by atoms with Crippen LogP contribution in [0.3, 0.4) is 0 Å². The molecule has 7 heteroatoms. The highest BCUT2D eigenvalue weighted by Gasteiger charge is 2.28. The average Bonchev–Trinajstić information content (AvgIpc) is 2.21. The molecule has 0 fully saturated rings. The van der Waals surface area contributed by atoms with Crippen LogP contribution in [0.1, 0.15) is 26.7 Å². The number of aliphatic hydroxyl groups is 1. The molecule has 0 aliphatic rings. The van der Waals surface area contributed by atoms with Gasteiger partial charge in [-0.15, -0.1) is 0 Å². The Morgan fingerprint density at radius 2 is 1.94 bits per heavy atom. The largest absolute Gasteiger partial charge is 0.405 e. The molecule has 0 aromatic carbocycles. The molecule has 0 heterocycles. The molecule has 3 N–H and O–H groups in total. The SMILES string of the molecule is CC(CCCO)NC(C)C(=O)NCC(F)(F)F. The van der Waals surface area contributed by atoms with E-state index >= 15 is 0 Å². The molecule has 2 unspecified atom stereocenters. The number of halogens is 3. The highest BCUT2D eigenvalue weighted by Crippen LogP contribution is 2.12. The van der Waals surface area contributed by atoms with Gasteiger partial charge in [-0.1, -0.05) is 0 Å². The van der Waals surface area contributed by atoms with Crippen molar-refractivity contribution in [2.24, 2.45) is 0 Å². The summed E-state index contributed by atoms with van der Waals surface area (Å²) in [6, 6.07) is -0.722. The quantitative estimate of drug-likeness (QED) is 0.631. The number of carbonyl (C=O) groups excluding carboxylic acids is 1. The van der Waals surface area contributed by atoms with Gasteiger partial charge >= 0.3 is 6.18 Å². The van der Waals surface area contributed by atoms with E-state index in [1.807, 2.05) is 12.2 Å². The third kappa shape index (κ3) is 8.93.